The number of unbranched alkanes of at least 4 members (excludes halogenated alkanes) is 1. The minimum Gasteiger partial charge on any atom is -0.467 e. The summed E-state index contributed by atoms with van der Waals surface area (Å²) < 4.78 is 12.1. The third-order valence-electron chi connectivity index (χ3n) is 3.77. The molecule has 0 aliphatic heterocycles. The van der Waals surface area contributed by atoms with Crippen molar-refractivity contribution >= 4 is 11.9 Å². The van der Waals surface area contributed by atoms with Crippen LogP contribution < -0.4 is 5.32 Å². The molecule has 0 bridgehead atoms. The van der Waals surface area contributed by atoms with E-state index >= 15 is 0 Å². The van der Waals surface area contributed by atoms with Crippen molar-refractivity contribution in [1.82, 2.24) is 10.2 Å². The third kappa shape index (κ3) is 7.59. The van der Waals surface area contributed by atoms with Crippen molar-refractivity contribution in [3.8, 4) is 0 Å². The molecule has 0 heterocycles. The Morgan fingerprint density at radius 2 is 2.00 bits per heavy atom. The van der Waals surface area contributed by atoms with Gasteiger partial charge in [0.15, 0.2) is 0 Å². The van der Waals surface area contributed by atoms with Gasteiger partial charge in [-0.1, -0.05) is 50.6 Å². The Bertz CT molecular complexity index is 503. The van der Waals surface area contributed by atoms with E-state index in [1.54, 1.807) is 0 Å². The van der Waals surface area contributed by atoms with Gasteiger partial charge in [-0.3, -0.25) is 9.69 Å². The molecule has 0 aromatic heterocycles. The number of carbonyl (C=O) groups excluding carboxylic acids is 2. The van der Waals surface area contributed by atoms with Crippen LogP contribution >= 0.6 is 0 Å². The zero-order valence-electron chi connectivity index (χ0n) is 15.8. The first kappa shape index (κ1) is 18.5. The molecule has 0 spiro atoms. The van der Waals surface area contributed by atoms with Crippen molar-refractivity contribution in [2.45, 2.75) is 45.5 Å². The molecule has 5 heteroatoms. The topological polar surface area (TPSA) is 58.6 Å². The van der Waals surface area contributed by atoms with Crippen LogP contribution in [0.3, 0.4) is 0 Å². The van der Waals surface area contributed by atoms with Crippen molar-refractivity contribution in [3.05, 3.63) is 35.9 Å². The number of rotatable bonds is 11. The fourth-order valence-corrected chi connectivity index (χ4v) is 2.50. The SMILES string of the molecule is [2H]CCCN(CCCC)CC(=O)N[C@H](Cc1ccccc1)C(=O)OC. The van der Waals surface area contributed by atoms with E-state index in [4.69, 9.17) is 6.11 Å². The predicted molar refractivity (Wildman–Crippen MR) is 95.7 cm³/mol. The van der Waals surface area contributed by atoms with Crippen LogP contribution in [0.5, 0.6) is 0 Å². The largest absolute Gasteiger partial charge is 0.467 e. The second kappa shape index (κ2) is 11.6. The fraction of sp³-hybridized carbons (Fsp3) is 0.579. The molecule has 1 atom stereocenters. The maximum atomic E-state index is 12.4. The number of amides is 1. The highest BCUT2D eigenvalue weighted by molar-refractivity contribution is 5.85. The molecule has 0 radical (unpaired) electrons. The molecule has 1 N–H and O–H groups in total. The zero-order valence-corrected chi connectivity index (χ0v) is 14.8. The van der Waals surface area contributed by atoms with Crippen LogP contribution in [0.2, 0.25) is 0 Å². The number of ether oxygens (including phenoxy) is 1. The molecular weight excluding hydrogens is 304 g/mol. The Hall–Kier alpha value is -1.88. The maximum Gasteiger partial charge on any atom is 0.328 e. The average Bonchev–Trinajstić information content (AvgIpc) is 2.63. The smallest absolute Gasteiger partial charge is 0.328 e. The highest BCUT2D eigenvalue weighted by Gasteiger charge is 2.22. The van der Waals surface area contributed by atoms with Gasteiger partial charge in [0, 0.05) is 7.79 Å². The van der Waals surface area contributed by atoms with Gasteiger partial charge in [0.25, 0.3) is 0 Å². The molecule has 0 aliphatic rings. The summed E-state index contributed by atoms with van der Waals surface area (Å²) in [6, 6.07) is 8.86. The summed E-state index contributed by atoms with van der Waals surface area (Å²) in [5.41, 5.74) is 0.968. The number of nitrogens with zero attached hydrogens (tertiary/aromatic N) is 1. The van der Waals surface area contributed by atoms with Crippen molar-refractivity contribution in [3.63, 3.8) is 0 Å². The number of methoxy groups -OCH3 is 1. The summed E-state index contributed by atoms with van der Waals surface area (Å²) in [5.74, 6) is -0.629. The molecule has 24 heavy (non-hydrogen) atoms. The fourth-order valence-electron chi connectivity index (χ4n) is 2.50. The van der Waals surface area contributed by atoms with E-state index < -0.39 is 12.0 Å². The molecule has 0 fully saturated rings. The summed E-state index contributed by atoms with van der Waals surface area (Å²) >= 11 is 0. The molecule has 0 saturated carbocycles. The lowest BCUT2D eigenvalue weighted by molar-refractivity contribution is -0.145. The summed E-state index contributed by atoms with van der Waals surface area (Å²) in [6.07, 6.45) is 3.20. The van der Waals surface area contributed by atoms with Gasteiger partial charge in [0.05, 0.1) is 13.7 Å². The van der Waals surface area contributed by atoms with Gasteiger partial charge in [-0.05, 0) is 31.5 Å². The molecule has 5 nitrogen and oxygen atoms in total. The van der Waals surface area contributed by atoms with E-state index in [-0.39, 0.29) is 12.5 Å². The Kier molecular flexibility index (Phi) is 8.94. The van der Waals surface area contributed by atoms with Crippen LogP contribution in [-0.2, 0) is 20.7 Å². The van der Waals surface area contributed by atoms with E-state index in [1.807, 2.05) is 35.2 Å². The average molecular weight is 335 g/mol. The van der Waals surface area contributed by atoms with Gasteiger partial charge in [0.2, 0.25) is 5.91 Å². The Labute approximate surface area is 146 Å². The van der Waals surface area contributed by atoms with E-state index in [9.17, 15) is 9.59 Å². The number of esters is 1. The first-order chi connectivity index (χ1) is 12.1. The molecule has 1 rings (SSSR count). The van der Waals surface area contributed by atoms with Crippen molar-refractivity contribution in [2.24, 2.45) is 0 Å². The summed E-state index contributed by atoms with van der Waals surface area (Å²) in [4.78, 5) is 26.4. The van der Waals surface area contributed by atoms with Crippen LogP contribution in [0.4, 0.5) is 0 Å². The lowest BCUT2D eigenvalue weighted by Gasteiger charge is -2.23. The highest BCUT2D eigenvalue weighted by atomic mass is 16.5. The van der Waals surface area contributed by atoms with Gasteiger partial charge in [-0.25, -0.2) is 4.79 Å². The van der Waals surface area contributed by atoms with Crippen molar-refractivity contribution < 1.29 is 15.7 Å². The molecule has 0 saturated heterocycles. The lowest BCUT2D eigenvalue weighted by atomic mass is 10.1. The lowest BCUT2D eigenvalue weighted by Crippen LogP contribution is -2.47. The minimum absolute atomic E-state index is 0.188. The molecule has 134 valence electrons. The maximum absolute atomic E-state index is 12.4. The van der Waals surface area contributed by atoms with Crippen molar-refractivity contribution in [1.29, 1.82) is 0 Å². The van der Waals surface area contributed by atoms with E-state index in [0.717, 1.165) is 37.9 Å². The van der Waals surface area contributed by atoms with Gasteiger partial charge >= 0.3 is 5.97 Å². The van der Waals surface area contributed by atoms with E-state index in [0.29, 0.717) is 13.3 Å². The minimum atomic E-state index is -0.691. The number of nitrogens with one attached hydrogen (secondary N) is 1. The van der Waals surface area contributed by atoms with Gasteiger partial charge in [-0.2, -0.15) is 0 Å². The number of hydrogen-bond acceptors (Lipinski definition) is 4. The molecule has 1 aromatic rings. The van der Waals surface area contributed by atoms with Crippen LogP contribution in [0.15, 0.2) is 30.3 Å². The quantitative estimate of drug-likeness (QED) is 0.631. The molecule has 0 unspecified atom stereocenters. The summed E-state index contributed by atoms with van der Waals surface area (Å²) in [7, 11) is 1.33. The molecule has 0 aliphatic carbocycles. The zero-order chi connectivity index (χ0) is 18.5. The first-order valence-corrected chi connectivity index (χ1v) is 8.53. The van der Waals surface area contributed by atoms with Crippen LogP contribution in [-0.4, -0.2) is 49.6 Å². The molecule has 1 amide bonds. The highest BCUT2D eigenvalue weighted by Crippen LogP contribution is 2.05. The second-order valence-electron chi connectivity index (χ2n) is 5.82. The van der Waals surface area contributed by atoms with Crippen LogP contribution in [0.1, 0.15) is 40.0 Å². The third-order valence-corrected chi connectivity index (χ3v) is 3.77. The first-order valence-electron chi connectivity index (χ1n) is 9.24. The summed E-state index contributed by atoms with van der Waals surface area (Å²) in [5, 5.41) is 2.80. The Morgan fingerprint density at radius 3 is 2.62 bits per heavy atom. The van der Waals surface area contributed by atoms with E-state index in [1.165, 1.54) is 7.11 Å². The van der Waals surface area contributed by atoms with Gasteiger partial charge in [-0.15, -0.1) is 0 Å². The Morgan fingerprint density at radius 1 is 1.25 bits per heavy atom. The standard InChI is InChI=1S/C19H30N2O3/c1-4-6-13-21(12-5-2)15-18(22)20-17(19(23)24-3)14-16-10-8-7-9-11-16/h7-11,17H,4-6,12-15H2,1-3H3,(H,20,22)/t17-/m1/s1/i2D. The second-order valence-corrected chi connectivity index (χ2v) is 5.82. The van der Waals surface area contributed by atoms with Crippen LogP contribution in [0.25, 0.3) is 0 Å². The number of hydrogen-bond donors (Lipinski definition) is 1. The predicted octanol–water partition coefficient (Wildman–Crippen LogP) is 2.40. The normalized spacial score (nSPS) is 12.5. The number of benzene rings is 1. The van der Waals surface area contributed by atoms with Crippen LogP contribution in [0, 0.1) is 0 Å². The van der Waals surface area contributed by atoms with E-state index in [2.05, 4.69) is 12.2 Å². The van der Waals surface area contributed by atoms with Gasteiger partial charge < -0.3 is 10.1 Å². The monoisotopic (exact) mass is 335 g/mol. The van der Waals surface area contributed by atoms with Crippen molar-refractivity contribution in [2.75, 3.05) is 26.7 Å². The molecular formula is C19H30N2O3. The van der Waals surface area contributed by atoms with Gasteiger partial charge in [0.1, 0.15) is 6.04 Å². The Balaban J connectivity index is 2.64. The molecule has 1 aromatic carbocycles. The number of carbonyl (C=O) groups is 2. The summed E-state index contributed by atoms with van der Waals surface area (Å²) in [6.45, 7) is 4.24.